The van der Waals surface area contributed by atoms with Crippen molar-refractivity contribution >= 4 is 35.6 Å². The van der Waals surface area contributed by atoms with Crippen molar-refractivity contribution in [2.24, 2.45) is 0 Å². The van der Waals surface area contributed by atoms with Gasteiger partial charge in [-0.05, 0) is 60.9 Å². The minimum atomic E-state index is -1.17. The number of hydrogen-bond acceptors (Lipinski definition) is 6. The molecule has 8 N–H and O–H groups in total. The molecule has 0 unspecified atom stereocenters. The molecule has 0 radical (unpaired) electrons. The zero-order valence-electron chi connectivity index (χ0n) is 24.3. The molecule has 14 nitrogen and oxygen atoms in total. The van der Waals surface area contributed by atoms with Crippen LogP contribution in [0.3, 0.4) is 0 Å². The molecule has 3 rings (SSSR count). The fourth-order valence-electron chi connectivity index (χ4n) is 5.66. The van der Waals surface area contributed by atoms with E-state index in [0.29, 0.717) is 61.9 Å². The first-order valence-electron chi connectivity index (χ1n) is 13.9. The van der Waals surface area contributed by atoms with Gasteiger partial charge in [0.15, 0.2) is 5.78 Å². The number of nitrogens with one attached hydrogen (secondary N) is 3. The highest BCUT2D eigenvalue weighted by molar-refractivity contribution is 5.97. The largest absolute Gasteiger partial charge is 0.481 e. The van der Waals surface area contributed by atoms with Gasteiger partial charge in [0.25, 0.3) is 0 Å². The van der Waals surface area contributed by atoms with Crippen LogP contribution in [0.1, 0.15) is 92.8 Å². The quantitative estimate of drug-likeness (QED) is 0.0968. The van der Waals surface area contributed by atoms with Gasteiger partial charge in [-0.15, -0.1) is 0 Å². The minimum absolute atomic E-state index is 0.0288. The number of carboxylic acid groups (broad SMARTS) is 5. The zero-order chi connectivity index (χ0) is 32.7. The van der Waals surface area contributed by atoms with E-state index in [-0.39, 0.29) is 57.1 Å². The summed E-state index contributed by atoms with van der Waals surface area (Å²) in [6.45, 7) is 3.05. The van der Waals surface area contributed by atoms with Gasteiger partial charge in [0.1, 0.15) is 0 Å². The van der Waals surface area contributed by atoms with Crippen molar-refractivity contribution in [1.82, 2.24) is 15.0 Å². The molecule has 0 aliphatic heterocycles. The summed E-state index contributed by atoms with van der Waals surface area (Å²) < 4.78 is 0. The Balaban J connectivity index is 2.16. The van der Waals surface area contributed by atoms with E-state index in [9.17, 15) is 49.2 Å². The Bertz CT molecular complexity index is 1610. The number of aliphatic carboxylic acids is 5. The van der Waals surface area contributed by atoms with Gasteiger partial charge in [-0.3, -0.25) is 28.8 Å². The first-order valence-corrected chi connectivity index (χ1v) is 13.9. The van der Waals surface area contributed by atoms with Crippen molar-refractivity contribution < 1.29 is 54.3 Å². The first kappa shape index (κ1) is 33.4. The standard InChI is InChI=1S/C30H35N3O11/c1-14-30(15(2)34)18(5-8-27(39)40)23(32-14)12-24-20(10-29(43)44)17(4-7-26(37)38)22(33-24)11-21-19(9-28(41)42)16(13-31-21)3-6-25(35)36/h13,31-33H,3-12H2,1-2H3,(H,35,36)(H,37,38)(H,39,40)(H,41,42)(H,43,44). The van der Waals surface area contributed by atoms with Gasteiger partial charge in [0, 0.05) is 72.3 Å². The maximum atomic E-state index is 12.4. The van der Waals surface area contributed by atoms with Crippen LogP contribution < -0.4 is 0 Å². The Morgan fingerprint density at radius 2 is 1.07 bits per heavy atom. The van der Waals surface area contributed by atoms with Crippen LogP contribution in [0, 0.1) is 6.92 Å². The lowest BCUT2D eigenvalue weighted by atomic mass is 9.95. The normalized spacial score (nSPS) is 11.0. The smallest absolute Gasteiger partial charge is 0.307 e. The second-order valence-corrected chi connectivity index (χ2v) is 10.6. The second-order valence-electron chi connectivity index (χ2n) is 10.6. The molecule has 0 aliphatic rings. The summed E-state index contributed by atoms with van der Waals surface area (Å²) in [5.41, 5.74) is 4.92. The molecule has 3 heterocycles. The van der Waals surface area contributed by atoms with Gasteiger partial charge in [-0.25, -0.2) is 0 Å². The zero-order valence-corrected chi connectivity index (χ0v) is 24.3. The number of aryl methyl sites for hydroxylation is 2. The predicted molar refractivity (Wildman–Crippen MR) is 153 cm³/mol. The maximum Gasteiger partial charge on any atom is 0.307 e. The number of carboxylic acids is 5. The molecule has 0 atom stereocenters. The van der Waals surface area contributed by atoms with E-state index < -0.39 is 42.7 Å². The topological polar surface area (TPSA) is 251 Å². The van der Waals surface area contributed by atoms with E-state index in [1.807, 2.05) is 0 Å². The highest BCUT2D eigenvalue weighted by Crippen LogP contribution is 2.30. The van der Waals surface area contributed by atoms with Crippen molar-refractivity contribution in [1.29, 1.82) is 0 Å². The van der Waals surface area contributed by atoms with E-state index >= 15 is 0 Å². The minimum Gasteiger partial charge on any atom is -0.481 e. The van der Waals surface area contributed by atoms with Crippen molar-refractivity contribution in [3.63, 3.8) is 0 Å². The number of ketones is 1. The van der Waals surface area contributed by atoms with Crippen molar-refractivity contribution in [2.75, 3.05) is 0 Å². The van der Waals surface area contributed by atoms with Gasteiger partial charge >= 0.3 is 29.8 Å². The molecule has 0 aromatic carbocycles. The predicted octanol–water partition coefficient (Wildman–Crippen LogP) is 2.67. The number of Topliss-reactive ketones (excluding diaryl/α,β-unsaturated/α-hetero) is 1. The summed E-state index contributed by atoms with van der Waals surface area (Å²) in [5.74, 6) is -5.78. The first-order chi connectivity index (χ1) is 20.7. The molecule has 3 aromatic heterocycles. The molecule has 0 spiro atoms. The molecule has 0 bridgehead atoms. The molecule has 0 saturated carbocycles. The molecule has 0 aliphatic carbocycles. The van der Waals surface area contributed by atoms with Gasteiger partial charge in [0.05, 0.1) is 12.8 Å². The van der Waals surface area contributed by atoms with Gasteiger partial charge in [0.2, 0.25) is 0 Å². The van der Waals surface area contributed by atoms with Crippen LogP contribution in [-0.2, 0) is 68.9 Å². The number of rotatable bonds is 18. The van der Waals surface area contributed by atoms with Crippen molar-refractivity contribution in [3.05, 3.63) is 68.0 Å². The number of aromatic amines is 3. The van der Waals surface area contributed by atoms with Crippen molar-refractivity contribution in [3.8, 4) is 0 Å². The highest BCUT2D eigenvalue weighted by atomic mass is 16.4. The number of carbonyl (C=O) groups excluding carboxylic acids is 1. The lowest BCUT2D eigenvalue weighted by Crippen LogP contribution is -2.09. The van der Waals surface area contributed by atoms with E-state index in [1.54, 1.807) is 6.92 Å². The van der Waals surface area contributed by atoms with Crippen LogP contribution in [-0.4, -0.2) is 76.1 Å². The van der Waals surface area contributed by atoms with Gasteiger partial charge in [-0.2, -0.15) is 0 Å². The number of carbonyl (C=O) groups is 6. The maximum absolute atomic E-state index is 12.4. The summed E-state index contributed by atoms with van der Waals surface area (Å²) >= 11 is 0. The average Bonchev–Trinajstić information content (AvgIpc) is 3.53. The van der Waals surface area contributed by atoms with E-state index in [1.165, 1.54) is 13.1 Å². The lowest BCUT2D eigenvalue weighted by Gasteiger charge is -2.09. The monoisotopic (exact) mass is 613 g/mol. The fourth-order valence-corrected chi connectivity index (χ4v) is 5.66. The summed E-state index contributed by atoms with van der Waals surface area (Å²) in [6.07, 6.45) is 0.135. The third kappa shape index (κ3) is 8.46. The Labute approximate surface area is 251 Å². The molecule has 236 valence electrons. The molecular weight excluding hydrogens is 578 g/mol. The fraction of sp³-hybridized carbons (Fsp3) is 0.400. The van der Waals surface area contributed by atoms with E-state index in [4.69, 9.17) is 5.11 Å². The SMILES string of the molecule is CC(=O)c1c(C)[nH]c(Cc2[nH]c(Cc3[nH]cc(CCC(=O)O)c3CC(=O)O)c(CCC(=O)O)c2CC(=O)O)c1CCC(=O)O. The molecule has 0 amide bonds. The molecule has 0 fully saturated rings. The van der Waals surface area contributed by atoms with Crippen LogP contribution in [0.4, 0.5) is 0 Å². The summed E-state index contributed by atoms with van der Waals surface area (Å²) in [4.78, 5) is 79.4. The Morgan fingerprint density at radius 3 is 1.61 bits per heavy atom. The molecule has 44 heavy (non-hydrogen) atoms. The Morgan fingerprint density at radius 1 is 0.591 bits per heavy atom. The van der Waals surface area contributed by atoms with Crippen LogP contribution >= 0.6 is 0 Å². The van der Waals surface area contributed by atoms with Crippen LogP contribution in [0.15, 0.2) is 6.20 Å². The van der Waals surface area contributed by atoms with Gasteiger partial charge in [-0.1, -0.05) is 0 Å². The van der Waals surface area contributed by atoms with Crippen LogP contribution in [0.25, 0.3) is 0 Å². The number of aromatic nitrogens is 3. The molecular formula is C30H35N3O11. The van der Waals surface area contributed by atoms with E-state index in [2.05, 4.69) is 15.0 Å². The van der Waals surface area contributed by atoms with E-state index in [0.717, 1.165) is 0 Å². The molecule has 3 aromatic rings. The number of H-pyrrole nitrogens is 3. The molecule has 14 heteroatoms. The third-order valence-electron chi connectivity index (χ3n) is 7.45. The molecule has 0 saturated heterocycles. The lowest BCUT2D eigenvalue weighted by molar-refractivity contribution is -0.138. The second kappa shape index (κ2) is 14.4. The van der Waals surface area contributed by atoms with Crippen LogP contribution in [0.5, 0.6) is 0 Å². The highest BCUT2D eigenvalue weighted by Gasteiger charge is 2.26. The average molecular weight is 614 g/mol. The van der Waals surface area contributed by atoms with Gasteiger partial charge < -0.3 is 40.5 Å². The Hall–Kier alpha value is -5.14. The Kier molecular flexibility index (Phi) is 10.9. The number of hydrogen-bond donors (Lipinski definition) is 8. The summed E-state index contributed by atoms with van der Waals surface area (Å²) in [6, 6.07) is 0. The summed E-state index contributed by atoms with van der Waals surface area (Å²) in [5, 5.41) is 47.1. The van der Waals surface area contributed by atoms with Crippen molar-refractivity contribution in [2.45, 2.75) is 78.1 Å². The van der Waals surface area contributed by atoms with Crippen LogP contribution in [0.2, 0.25) is 0 Å². The summed E-state index contributed by atoms with van der Waals surface area (Å²) in [7, 11) is 0. The third-order valence-corrected chi connectivity index (χ3v) is 7.45.